The van der Waals surface area contributed by atoms with Crippen molar-refractivity contribution in [2.24, 2.45) is 0 Å². The Balaban J connectivity index is 1.39. The third kappa shape index (κ3) is 5.39. The van der Waals surface area contributed by atoms with Crippen molar-refractivity contribution in [1.82, 2.24) is 30.0 Å². The summed E-state index contributed by atoms with van der Waals surface area (Å²) in [4.78, 5) is 24.8. The molecule has 4 aromatic heterocycles. The summed E-state index contributed by atoms with van der Waals surface area (Å²) in [5, 5.41) is 27.7. The van der Waals surface area contributed by atoms with E-state index in [-0.39, 0.29) is 12.1 Å². The molecule has 256 valence electrons. The van der Waals surface area contributed by atoms with Crippen molar-refractivity contribution in [1.29, 1.82) is 10.7 Å². The number of aryl methyl sites for hydroxylation is 1. The van der Waals surface area contributed by atoms with E-state index < -0.39 is 5.41 Å². The van der Waals surface area contributed by atoms with Gasteiger partial charge in [-0.1, -0.05) is 5.16 Å². The molecular weight excluding hydrogens is 637 g/mol. The van der Waals surface area contributed by atoms with Gasteiger partial charge in [-0.2, -0.15) is 5.26 Å². The first kappa shape index (κ1) is 32.9. The largest absolute Gasteiger partial charge is 0.389 e. The lowest BCUT2D eigenvalue weighted by atomic mass is 9.63. The van der Waals surface area contributed by atoms with Gasteiger partial charge in [-0.25, -0.2) is 15.0 Å². The van der Waals surface area contributed by atoms with E-state index in [9.17, 15) is 5.26 Å². The van der Waals surface area contributed by atoms with Crippen LogP contribution in [0.5, 0.6) is 0 Å². The maximum Gasteiger partial charge on any atom is 0.186 e. The van der Waals surface area contributed by atoms with E-state index >= 15 is 0 Å². The van der Waals surface area contributed by atoms with E-state index in [0.717, 1.165) is 74.8 Å². The number of hydrogen-bond acceptors (Lipinski definition) is 14. The molecule has 0 saturated carbocycles. The first-order valence-corrected chi connectivity index (χ1v) is 18.1. The molecule has 4 unspecified atom stereocenters. The second kappa shape index (κ2) is 13.0. The molecule has 0 aromatic carbocycles. The standard InChI is InChI=1S/C35H44N12OS/c1-5-47(20(3)27-30(38)41-15-14-40-27)34-23(18-37)32(42-19(2)24-10-8-16-46(24)4)43-33(44-34)28-21-9-6-12-35(29(21)48-45-28)13-7-11-25-26(35)22(17-36)31(39)49-25/h14-15,18-20,24,37H,5-13,16,39H2,1-4H3,(H2,38,41)(H,42,43,44). The number of likely N-dealkylation sites (tertiary alicyclic amines) is 1. The van der Waals surface area contributed by atoms with Crippen molar-refractivity contribution in [3.63, 3.8) is 0 Å². The van der Waals surface area contributed by atoms with Crippen molar-refractivity contribution in [3.05, 3.63) is 51.0 Å². The van der Waals surface area contributed by atoms with Crippen molar-refractivity contribution in [3.8, 4) is 17.6 Å². The normalized spacial score (nSPS) is 21.5. The predicted molar refractivity (Wildman–Crippen MR) is 192 cm³/mol. The molecular formula is C35H44N12OS. The van der Waals surface area contributed by atoms with Crippen molar-refractivity contribution < 1.29 is 4.52 Å². The first-order valence-electron chi connectivity index (χ1n) is 17.3. The summed E-state index contributed by atoms with van der Waals surface area (Å²) in [5.41, 5.74) is 16.6. The number of nitrogens with zero attached hydrogens (tertiary/aromatic N) is 8. The van der Waals surface area contributed by atoms with Crippen molar-refractivity contribution >= 4 is 40.0 Å². The maximum atomic E-state index is 10.2. The van der Waals surface area contributed by atoms with Gasteiger partial charge in [0.2, 0.25) is 0 Å². The fourth-order valence-corrected chi connectivity index (χ4v) is 9.72. The van der Waals surface area contributed by atoms with Gasteiger partial charge in [0, 0.05) is 47.7 Å². The molecule has 5 heterocycles. The third-order valence-electron chi connectivity index (χ3n) is 10.9. The van der Waals surface area contributed by atoms with Gasteiger partial charge < -0.3 is 36.5 Å². The summed E-state index contributed by atoms with van der Waals surface area (Å²) in [5.74, 6) is 2.73. The highest BCUT2D eigenvalue weighted by atomic mass is 32.1. The van der Waals surface area contributed by atoms with Crippen LogP contribution >= 0.6 is 11.3 Å². The van der Waals surface area contributed by atoms with Crippen LogP contribution in [0.3, 0.4) is 0 Å². The SMILES string of the molecule is CCN(c1nc(-c2noc3c2CCCC32CCCc3sc(N)c(C#N)c32)nc(NC(C)C2CCCN2C)c1C=N)C(C)c1nccnc1N. The molecule has 4 atom stereocenters. The zero-order valence-corrected chi connectivity index (χ0v) is 29.4. The number of nitrogens with two attached hydrogens (primary N) is 2. The van der Waals surface area contributed by atoms with Gasteiger partial charge in [0.25, 0.3) is 0 Å². The summed E-state index contributed by atoms with van der Waals surface area (Å²) in [6.45, 7) is 7.85. The van der Waals surface area contributed by atoms with E-state index in [0.29, 0.717) is 63.4 Å². The molecule has 7 rings (SSSR count). The summed E-state index contributed by atoms with van der Waals surface area (Å²) in [7, 11) is 2.16. The van der Waals surface area contributed by atoms with Gasteiger partial charge in [0.15, 0.2) is 17.3 Å². The summed E-state index contributed by atoms with van der Waals surface area (Å²) in [6, 6.07) is 2.50. The first-order chi connectivity index (χ1) is 23.7. The lowest BCUT2D eigenvalue weighted by Gasteiger charge is -2.39. The lowest BCUT2D eigenvalue weighted by molar-refractivity contribution is 0.265. The van der Waals surface area contributed by atoms with Crippen LogP contribution in [0.4, 0.5) is 22.5 Å². The number of rotatable bonds is 9. The molecule has 0 radical (unpaired) electrons. The summed E-state index contributed by atoms with van der Waals surface area (Å²) < 4.78 is 6.34. The second-order valence-electron chi connectivity index (χ2n) is 13.6. The molecule has 49 heavy (non-hydrogen) atoms. The highest BCUT2D eigenvalue weighted by molar-refractivity contribution is 7.16. The number of nitrogen functional groups attached to an aromatic ring is 2. The fourth-order valence-electron chi connectivity index (χ4n) is 8.56. The number of nitriles is 1. The van der Waals surface area contributed by atoms with Crippen LogP contribution in [0.1, 0.15) is 104 Å². The molecule has 1 aliphatic heterocycles. The Bertz CT molecular complexity index is 1930. The number of thiophene rings is 1. The number of aromatic nitrogens is 5. The van der Waals surface area contributed by atoms with Crippen LogP contribution < -0.4 is 21.7 Å². The Morgan fingerprint density at radius 3 is 2.67 bits per heavy atom. The number of likely N-dealkylation sites (N-methyl/N-ethyl adjacent to an activating group) is 1. The van der Waals surface area contributed by atoms with E-state index in [4.69, 9.17) is 36.5 Å². The molecule has 1 spiro atoms. The van der Waals surface area contributed by atoms with Crippen molar-refractivity contribution in [2.45, 2.75) is 95.7 Å². The summed E-state index contributed by atoms with van der Waals surface area (Å²) in [6.07, 6.45) is 12.1. The third-order valence-corrected chi connectivity index (χ3v) is 12.0. The average molecular weight is 681 g/mol. The van der Waals surface area contributed by atoms with Gasteiger partial charge >= 0.3 is 0 Å². The molecule has 3 aliphatic rings. The van der Waals surface area contributed by atoms with E-state index in [1.165, 1.54) is 22.4 Å². The Kier molecular flexibility index (Phi) is 8.74. The van der Waals surface area contributed by atoms with Crippen LogP contribution in [0, 0.1) is 16.7 Å². The minimum atomic E-state index is -0.459. The van der Waals surface area contributed by atoms with Gasteiger partial charge in [0.1, 0.15) is 34.2 Å². The molecule has 6 N–H and O–H groups in total. The lowest BCUT2D eigenvalue weighted by Crippen LogP contribution is -2.40. The number of anilines is 4. The minimum Gasteiger partial charge on any atom is -0.389 e. The van der Waals surface area contributed by atoms with Gasteiger partial charge in [0.05, 0.1) is 22.6 Å². The van der Waals surface area contributed by atoms with Gasteiger partial charge in [-0.3, -0.25) is 4.98 Å². The highest BCUT2D eigenvalue weighted by Gasteiger charge is 2.49. The topological polar surface area (TPSA) is 196 Å². The van der Waals surface area contributed by atoms with Crippen LogP contribution in [0.15, 0.2) is 16.9 Å². The van der Waals surface area contributed by atoms with E-state index in [1.807, 2.05) is 13.8 Å². The second-order valence-corrected chi connectivity index (χ2v) is 14.7. The molecule has 13 nitrogen and oxygen atoms in total. The highest BCUT2D eigenvalue weighted by Crippen LogP contribution is 2.55. The number of hydrogen-bond donors (Lipinski definition) is 4. The molecule has 1 fully saturated rings. The van der Waals surface area contributed by atoms with E-state index in [2.05, 4.69) is 45.1 Å². The molecule has 0 amide bonds. The number of fused-ring (bicyclic) bond motifs is 4. The smallest absolute Gasteiger partial charge is 0.186 e. The monoisotopic (exact) mass is 680 g/mol. The molecule has 0 bridgehead atoms. The number of nitrogens with one attached hydrogen (secondary N) is 2. The Labute approximate surface area is 290 Å². The van der Waals surface area contributed by atoms with Crippen LogP contribution in [-0.2, 0) is 18.3 Å². The van der Waals surface area contributed by atoms with Crippen LogP contribution in [-0.4, -0.2) is 68.4 Å². The van der Waals surface area contributed by atoms with Gasteiger partial charge in [-0.05, 0) is 91.3 Å². The molecule has 4 aromatic rings. The Morgan fingerprint density at radius 2 is 1.98 bits per heavy atom. The summed E-state index contributed by atoms with van der Waals surface area (Å²) >= 11 is 1.53. The zero-order chi connectivity index (χ0) is 34.4. The Hall–Kier alpha value is -4.61. The fraction of sp³-hybridized carbons (Fsp3) is 0.514. The van der Waals surface area contributed by atoms with Crippen molar-refractivity contribution in [2.75, 3.05) is 41.8 Å². The van der Waals surface area contributed by atoms with Gasteiger partial charge in [-0.15, -0.1) is 11.3 Å². The quantitative estimate of drug-likeness (QED) is 0.163. The zero-order valence-electron chi connectivity index (χ0n) is 28.6. The van der Waals surface area contributed by atoms with Crippen LogP contribution in [0.2, 0.25) is 0 Å². The van der Waals surface area contributed by atoms with Crippen LogP contribution in [0.25, 0.3) is 11.5 Å². The minimum absolute atomic E-state index is 0.0635. The average Bonchev–Trinajstić information content (AvgIpc) is 3.82. The Morgan fingerprint density at radius 1 is 1.20 bits per heavy atom. The predicted octanol–water partition coefficient (Wildman–Crippen LogP) is 5.46. The molecule has 1 saturated heterocycles. The molecule has 14 heteroatoms. The maximum absolute atomic E-state index is 10.2. The molecule has 2 aliphatic carbocycles. The van der Waals surface area contributed by atoms with E-state index in [1.54, 1.807) is 12.4 Å².